The van der Waals surface area contributed by atoms with Crippen molar-refractivity contribution in [3.8, 4) is 0 Å². The summed E-state index contributed by atoms with van der Waals surface area (Å²) in [7, 11) is 1.98. The number of likely N-dealkylation sites (N-methyl/N-ethyl adjacent to an activating group) is 2. The molecule has 2 heteroatoms. The van der Waals surface area contributed by atoms with Gasteiger partial charge in [0.25, 0.3) is 0 Å². The predicted molar refractivity (Wildman–Crippen MR) is 56.8 cm³/mol. The first-order valence-corrected chi connectivity index (χ1v) is 4.81. The molecule has 0 amide bonds. The van der Waals surface area contributed by atoms with Crippen LogP contribution in [0.25, 0.3) is 0 Å². The van der Waals surface area contributed by atoms with Gasteiger partial charge in [-0.1, -0.05) is 37.3 Å². The lowest BCUT2D eigenvalue weighted by Gasteiger charge is -2.17. The second-order valence-electron chi connectivity index (χ2n) is 3.08. The molecule has 1 aromatic rings. The molecule has 1 rings (SSSR count). The Morgan fingerprint density at radius 2 is 1.92 bits per heavy atom. The van der Waals surface area contributed by atoms with Gasteiger partial charge in [0, 0.05) is 12.6 Å². The molecule has 0 saturated carbocycles. The smallest absolute Gasteiger partial charge is 0.0446 e. The molecule has 2 nitrogen and oxygen atoms in total. The maximum Gasteiger partial charge on any atom is 0.0446 e. The van der Waals surface area contributed by atoms with Crippen LogP contribution in [-0.4, -0.2) is 20.1 Å². The maximum absolute atomic E-state index is 3.44. The molecule has 1 atom stereocenters. The van der Waals surface area contributed by atoms with E-state index in [-0.39, 0.29) is 0 Å². The molecule has 0 aliphatic heterocycles. The van der Waals surface area contributed by atoms with Gasteiger partial charge in [-0.2, -0.15) is 0 Å². The predicted octanol–water partition coefficient (Wildman–Crippen LogP) is 1.56. The lowest BCUT2D eigenvalue weighted by atomic mass is 10.1. The van der Waals surface area contributed by atoms with Crippen molar-refractivity contribution in [3.63, 3.8) is 0 Å². The summed E-state index contributed by atoms with van der Waals surface area (Å²) in [6, 6.07) is 10.9. The zero-order valence-corrected chi connectivity index (χ0v) is 8.38. The minimum Gasteiger partial charge on any atom is -0.318 e. The van der Waals surface area contributed by atoms with Crippen LogP contribution in [-0.2, 0) is 0 Å². The summed E-state index contributed by atoms with van der Waals surface area (Å²) < 4.78 is 0. The SMILES string of the molecule is CCNC(CNC)c1ccccc1. The molecule has 1 aromatic carbocycles. The van der Waals surface area contributed by atoms with Crippen molar-refractivity contribution in [1.82, 2.24) is 10.6 Å². The fourth-order valence-corrected chi connectivity index (χ4v) is 1.44. The summed E-state index contributed by atoms with van der Waals surface area (Å²) in [6.45, 7) is 4.10. The molecule has 72 valence electrons. The fourth-order valence-electron chi connectivity index (χ4n) is 1.44. The van der Waals surface area contributed by atoms with Gasteiger partial charge in [-0.3, -0.25) is 0 Å². The Morgan fingerprint density at radius 3 is 2.46 bits per heavy atom. The van der Waals surface area contributed by atoms with E-state index in [1.54, 1.807) is 0 Å². The van der Waals surface area contributed by atoms with Gasteiger partial charge in [0.05, 0.1) is 0 Å². The Morgan fingerprint density at radius 1 is 1.23 bits per heavy atom. The number of hydrogen-bond donors (Lipinski definition) is 2. The molecule has 0 aliphatic carbocycles. The minimum absolute atomic E-state index is 0.427. The first-order chi connectivity index (χ1) is 6.38. The average molecular weight is 178 g/mol. The zero-order chi connectivity index (χ0) is 9.52. The molecule has 13 heavy (non-hydrogen) atoms. The Hall–Kier alpha value is -0.860. The van der Waals surface area contributed by atoms with Crippen LogP contribution in [0.15, 0.2) is 30.3 Å². The van der Waals surface area contributed by atoms with Gasteiger partial charge in [0.2, 0.25) is 0 Å². The second-order valence-corrected chi connectivity index (χ2v) is 3.08. The summed E-state index contributed by atoms with van der Waals surface area (Å²) in [5, 5.41) is 6.63. The molecule has 0 aromatic heterocycles. The van der Waals surface area contributed by atoms with Gasteiger partial charge in [0.1, 0.15) is 0 Å². The molecule has 0 saturated heterocycles. The standard InChI is InChI=1S/C11H18N2/c1-3-13-11(9-12-2)10-7-5-4-6-8-10/h4-8,11-13H,3,9H2,1-2H3. The van der Waals surface area contributed by atoms with E-state index < -0.39 is 0 Å². The van der Waals surface area contributed by atoms with Crippen molar-refractivity contribution in [2.45, 2.75) is 13.0 Å². The normalized spacial score (nSPS) is 12.8. The number of nitrogens with one attached hydrogen (secondary N) is 2. The topological polar surface area (TPSA) is 24.1 Å². The van der Waals surface area contributed by atoms with Crippen LogP contribution in [0.5, 0.6) is 0 Å². The van der Waals surface area contributed by atoms with Crippen molar-refractivity contribution in [3.05, 3.63) is 35.9 Å². The van der Waals surface area contributed by atoms with E-state index in [0.717, 1.165) is 13.1 Å². The van der Waals surface area contributed by atoms with Crippen LogP contribution in [0.1, 0.15) is 18.5 Å². The molecule has 2 N–H and O–H groups in total. The van der Waals surface area contributed by atoms with Gasteiger partial charge in [-0.15, -0.1) is 0 Å². The van der Waals surface area contributed by atoms with Crippen molar-refractivity contribution >= 4 is 0 Å². The first-order valence-electron chi connectivity index (χ1n) is 4.81. The molecule has 0 fully saturated rings. The molecular formula is C11H18N2. The lowest BCUT2D eigenvalue weighted by Crippen LogP contribution is -2.29. The molecule has 1 unspecified atom stereocenters. The molecule has 0 spiro atoms. The highest BCUT2D eigenvalue weighted by molar-refractivity contribution is 5.19. The van der Waals surface area contributed by atoms with E-state index in [1.165, 1.54) is 5.56 Å². The van der Waals surface area contributed by atoms with E-state index in [2.05, 4.69) is 41.8 Å². The summed E-state index contributed by atoms with van der Waals surface area (Å²) in [6.07, 6.45) is 0. The molecule has 0 heterocycles. The van der Waals surface area contributed by atoms with Crippen molar-refractivity contribution in [2.24, 2.45) is 0 Å². The van der Waals surface area contributed by atoms with Gasteiger partial charge in [-0.25, -0.2) is 0 Å². The monoisotopic (exact) mass is 178 g/mol. The number of benzene rings is 1. The third-order valence-corrected chi connectivity index (χ3v) is 2.06. The third-order valence-electron chi connectivity index (χ3n) is 2.06. The molecular weight excluding hydrogens is 160 g/mol. The van der Waals surface area contributed by atoms with Crippen molar-refractivity contribution < 1.29 is 0 Å². The molecule has 0 bridgehead atoms. The summed E-state index contributed by atoms with van der Waals surface area (Å²) in [4.78, 5) is 0. The Labute approximate surface area is 80.4 Å². The van der Waals surface area contributed by atoms with Gasteiger partial charge < -0.3 is 10.6 Å². The van der Waals surface area contributed by atoms with E-state index in [9.17, 15) is 0 Å². The minimum atomic E-state index is 0.427. The van der Waals surface area contributed by atoms with Crippen LogP contribution in [0, 0.1) is 0 Å². The molecule has 0 aliphatic rings. The van der Waals surface area contributed by atoms with Crippen LogP contribution < -0.4 is 10.6 Å². The Balaban J connectivity index is 2.64. The zero-order valence-electron chi connectivity index (χ0n) is 8.38. The highest BCUT2D eigenvalue weighted by Crippen LogP contribution is 2.10. The highest BCUT2D eigenvalue weighted by Gasteiger charge is 2.06. The third kappa shape index (κ3) is 3.17. The van der Waals surface area contributed by atoms with Gasteiger partial charge in [-0.05, 0) is 19.2 Å². The van der Waals surface area contributed by atoms with Crippen molar-refractivity contribution in [2.75, 3.05) is 20.1 Å². The van der Waals surface area contributed by atoms with Crippen LogP contribution in [0.3, 0.4) is 0 Å². The number of rotatable bonds is 5. The number of hydrogen-bond acceptors (Lipinski definition) is 2. The van der Waals surface area contributed by atoms with Crippen LogP contribution in [0.2, 0.25) is 0 Å². The summed E-state index contributed by atoms with van der Waals surface area (Å²) in [5.74, 6) is 0. The largest absolute Gasteiger partial charge is 0.318 e. The second kappa shape index (κ2) is 5.73. The summed E-state index contributed by atoms with van der Waals surface area (Å²) in [5.41, 5.74) is 1.35. The van der Waals surface area contributed by atoms with E-state index in [1.807, 2.05) is 13.1 Å². The van der Waals surface area contributed by atoms with E-state index >= 15 is 0 Å². The van der Waals surface area contributed by atoms with E-state index in [0.29, 0.717) is 6.04 Å². The summed E-state index contributed by atoms with van der Waals surface area (Å²) >= 11 is 0. The maximum atomic E-state index is 3.44. The molecule has 0 radical (unpaired) electrons. The first kappa shape index (κ1) is 10.2. The Bertz CT molecular complexity index is 215. The fraction of sp³-hybridized carbons (Fsp3) is 0.455. The van der Waals surface area contributed by atoms with Gasteiger partial charge >= 0.3 is 0 Å². The Kier molecular flexibility index (Phi) is 4.50. The van der Waals surface area contributed by atoms with E-state index in [4.69, 9.17) is 0 Å². The lowest BCUT2D eigenvalue weighted by molar-refractivity contribution is 0.525. The van der Waals surface area contributed by atoms with Crippen LogP contribution >= 0.6 is 0 Å². The quantitative estimate of drug-likeness (QED) is 0.715. The van der Waals surface area contributed by atoms with Gasteiger partial charge in [0.15, 0.2) is 0 Å². The van der Waals surface area contributed by atoms with Crippen LogP contribution in [0.4, 0.5) is 0 Å². The average Bonchev–Trinajstić information content (AvgIpc) is 2.19. The highest BCUT2D eigenvalue weighted by atomic mass is 15.0. The van der Waals surface area contributed by atoms with Crippen molar-refractivity contribution in [1.29, 1.82) is 0 Å².